The number of para-hydroxylation sites is 1. The Balaban J connectivity index is 1.76. The van der Waals surface area contributed by atoms with Crippen LogP contribution in [-0.4, -0.2) is 24.0 Å². The van der Waals surface area contributed by atoms with Gasteiger partial charge < -0.3 is 9.64 Å². The molecule has 0 saturated carbocycles. The van der Waals surface area contributed by atoms with Gasteiger partial charge in [-0.15, -0.1) is 0 Å². The van der Waals surface area contributed by atoms with Crippen molar-refractivity contribution in [3.8, 4) is 0 Å². The molecule has 0 saturated heterocycles. The first-order chi connectivity index (χ1) is 11.9. The van der Waals surface area contributed by atoms with Crippen molar-refractivity contribution in [2.75, 3.05) is 4.90 Å². The third-order valence-electron chi connectivity index (χ3n) is 4.23. The number of benzene rings is 2. The van der Waals surface area contributed by atoms with Gasteiger partial charge in [0.1, 0.15) is 5.82 Å². The van der Waals surface area contributed by atoms with E-state index in [2.05, 4.69) is 0 Å². The van der Waals surface area contributed by atoms with Crippen LogP contribution in [0.15, 0.2) is 42.5 Å². The van der Waals surface area contributed by atoms with E-state index in [1.54, 1.807) is 4.90 Å². The fraction of sp³-hybridized carbons (Fsp3) is 0.263. The van der Waals surface area contributed by atoms with Crippen LogP contribution < -0.4 is 4.90 Å². The molecule has 1 heterocycles. The van der Waals surface area contributed by atoms with Gasteiger partial charge in [-0.2, -0.15) is 0 Å². The number of esters is 1. The smallest absolute Gasteiger partial charge is 0.341 e. The lowest BCUT2D eigenvalue weighted by Crippen LogP contribution is -2.43. The minimum Gasteiger partial charge on any atom is -0.449 e. The van der Waals surface area contributed by atoms with Crippen LogP contribution in [-0.2, 0) is 16.0 Å². The Morgan fingerprint density at radius 1 is 1.28 bits per heavy atom. The third kappa shape index (κ3) is 3.37. The molecule has 4 nitrogen and oxygen atoms in total. The van der Waals surface area contributed by atoms with Crippen LogP contribution in [0.1, 0.15) is 29.8 Å². The lowest BCUT2D eigenvalue weighted by atomic mass is 10.1. The number of hydrogen-bond acceptors (Lipinski definition) is 3. The minimum absolute atomic E-state index is 0.0293. The predicted octanol–water partition coefficient (Wildman–Crippen LogP) is 4.00. The van der Waals surface area contributed by atoms with E-state index in [1.807, 2.05) is 31.2 Å². The Kier molecular flexibility index (Phi) is 4.77. The molecular weight excluding hydrogens is 345 g/mol. The Labute approximate surface area is 150 Å². The van der Waals surface area contributed by atoms with Crippen molar-refractivity contribution < 1.29 is 18.7 Å². The molecule has 2 aromatic rings. The van der Waals surface area contributed by atoms with Crippen LogP contribution in [0.4, 0.5) is 10.1 Å². The fourth-order valence-corrected chi connectivity index (χ4v) is 3.19. The molecular formula is C19H17ClFNO3. The molecule has 0 spiro atoms. The van der Waals surface area contributed by atoms with Gasteiger partial charge >= 0.3 is 5.97 Å². The zero-order chi connectivity index (χ0) is 18.1. The van der Waals surface area contributed by atoms with Crippen molar-refractivity contribution in [3.63, 3.8) is 0 Å². The lowest BCUT2D eigenvalue weighted by molar-refractivity contribution is -0.126. The summed E-state index contributed by atoms with van der Waals surface area (Å²) in [6.45, 7) is 3.42. The summed E-state index contributed by atoms with van der Waals surface area (Å²) in [5.74, 6) is -2.01. The van der Waals surface area contributed by atoms with Crippen LogP contribution in [0.25, 0.3) is 0 Å². The van der Waals surface area contributed by atoms with Crippen LogP contribution >= 0.6 is 11.6 Å². The molecule has 2 atom stereocenters. The SMILES string of the molecule is C[C@@H]1Cc2ccccc2N1C(=O)[C@@H](C)OC(=O)c1ccc(Cl)cc1F. The summed E-state index contributed by atoms with van der Waals surface area (Å²) in [7, 11) is 0. The molecule has 0 aromatic heterocycles. The molecule has 0 unspecified atom stereocenters. The Hall–Kier alpha value is -2.40. The summed E-state index contributed by atoms with van der Waals surface area (Å²) < 4.78 is 19.0. The van der Waals surface area contributed by atoms with E-state index in [0.29, 0.717) is 0 Å². The summed E-state index contributed by atoms with van der Waals surface area (Å²) >= 11 is 5.67. The Morgan fingerprint density at radius 3 is 2.72 bits per heavy atom. The van der Waals surface area contributed by atoms with Crippen LogP contribution in [0.5, 0.6) is 0 Å². The predicted molar refractivity (Wildman–Crippen MR) is 93.4 cm³/mol. The number of carbonyl (C=O) groups excluding carboxylic acids is 2. The summed E-state index contributed by atoms with van der Waals surface area (Å²) in [6.07, 6.45) is -0.287. The van der Waals surface area contributed by atoms with Gasteiger partial charge in [-0.1, -0.05) is 29.8 Å². The molecule has 25 heavy (non-hydrogen) atoms. The number of rotatable bonds is 3. The quantitative estimate of drug-likeness (QED) is 0.776. The first-order valence-electron chi connectivity index (χ1n) is 7.95. The van der Waals surface area contributed by atoms with Gasteiger partial charge in [0, 0.05) is 16.8 Å². The second-order valence-electron chi connectivity index (χ2n) is 6.06. The zero-order valence-electron chi connectivity index (χ0n) is 13.8. The second-order valence-corrected chi connectivity index (χ2v) is 6.50. The monoisotopic (exact) mass is 361 g/mol. The number of fused-ring (bicyclic) bond motifs is 1. The van der Waals surface area contributed by atoms with Crippen molar-refractivity contribution in [1.29, 1.82) is 0 Å². The molecule has 1 amide bonds. The molecule has 0 radical (unpaired) electrons. The first kappa shape index (κ1) is 17.4. The number of hydrogen-bond donors (Lipinski definition) is 0. The molecule has 0 aliphatic carbocycles. The van der Waals surface area contributed by atoms with E-state index < -0.39 is 17.9 Å². The Morgan fingerprint density at radius 2 is 2.00 bits per heavy atom. The van der Waals surface area contributed by atoms with E-state index in [-0.39, 0.29) is 22.5 Å². The summed E-state index contributed by atoms with van der Waals surface area (Å²) in [5.41, 5.74) is 1.64. The van der Waals surface area contributed by atoms with Gasteiger partial charge in [-0.05, 0) is 50.1 Å². The average Bonchev–Trinajstić information content (AvgIpc) is 2.89. The summed E-state index contributed by atoms with van der Waals surface area (Å²) in [4.78, 5) is 26.5. The van der Waals surface area contributed by atoms with Crippen molar-refractivity contribution >= 4 is 29.2 Å². The highest BCUT2D eigenvalue weighted by Gasteiger charge is 2.34. The molecule has 0 N–H and O–H groups in total. The summed E-state index contributed by atoms with van der Waals surface area (Å²) in [6, 6.07) is 11.3. The van der Waals surface area contributed by atoms with Crippen molar-refractivity contribution in [2.24, 2.45) is 0 Å². The van der Waals surface area contributed by atoms with E-state index in [9.17, 15) is 14.0 Å². The average molecular weight is 362 g/mol. The lowest BCUT2D eigenvalue weighted by Gasteiger charge is -2.26. The van der Waals surface area contributed by atoms with E-state index in [4.69, 9.17) is 16.3 Å². The minimum atomic E-state index is -1.03. The number of nitrogens with zero attached hydrogens (tertiary/aromatic N) is 1. The number of ether oxygens (including phenoxy) is 1. The normalized spacial score (nSPS) is 17.1. The molecule has 3 rings (SSSR count). The van der Waals surface area contributed by atoms with Gasteiger partial charge in [0.05, 0.1) is 5.56 Å². The third-order valence-corrected chi connectivity index (χ3v) is 4.46. The topological polar surface area (TPSA) is 46.6 Å². The maximum absolute atomic E-state index is 13.8. The van der Waals surface area contributed by atoms with Crippen LogP contribution in [0, 0.1) is 5.82 Å². The van der Waals surface area contributed by atoms with Crippen LogP contribution in [0.2, 0.25) is 5.02 Å². The molecule has 1 aliphatic heterocycles. The molecule has 0 bridgehead atoms. The molecule has 6 heteroatoms. The Bertz CT molecular complexity index is 839. The van der Waals surface area contributed by atoms with Crippen molar-refractivity contribution in [2.45, 2.75) is 32.4 Å². The standard InChI is InChI=1S/C19H17ClFNO3/c1-11-9-13-5-3-4-6-17(13)22(11)18(23)12(2)25-19(24)15-8-7-14(20)10-16(15)21/h3-8,10-12H,9H2,1-2H3/t11-,12-/m1/s1. The second kappa shape index (κ2) is 6.84. The van der Waals surface area contributed by atoms with Gasteiger partial charge in [0.2, 0.25) is 0 Å². The highest BCUT2D eigenvalue weighted by Crippen LogP contribution is 2.32. The molecule has 130 valence electrons. The van der Waals surface area contributed by atoms with Crippen molar-refractivity contribution in [3.05, 3.63) is 64.4 Å². The number of halogens is 2. The van der Waals surface area contributed by atoms with Gasteiger partial charge in [0.15, 0.2) is 6.10 Å². The highest BCUT2D eigenvalue weighted by molar-refractivity contribution is 6.30. The van der Waals surface area contributed by atoms with E-state index in [0.717, 1.165) is 23.7 Å². The van der Waals surface area contributed by atoms with E-state index in [1.165, 1.54) is 19.1 Å². The van der Waals surface area contributed by atoms with Gasteiger partial charge in [-0.3, -0.25) is 4.79 Å². The first-order valence-corrected chi connectivity index (χ1v) is 8.33. The largest absolute Gasteiger partial charge is 0.449 e. The zero-order valence-corrected chi connectivity index (χ0v) is 14.6. The highest BCUT2D eigenvalue weighted by atomic mass is 35.5. The van der Waals surface area contributed by atoms with Crippen LogP contribution in [0.3, 0.4) is 0 Å². The maximum atomic E-state index is 13.8. The van der Waals surface area contributed by atoms with Gasteiger partial charge in [0.25, 0.3) is 5.91 Å². The molecule has 0 fully saturated rings. The maximum Gasteiger partial charge on any atom is 0.341 e. The number of carbonyl (C=O) groups is 2. The fourth-order valence-electron chi connectivity index (χ4n) is 3.03. The molecule has 1 aliphatic rings. The summed E-state index contributed by atoms with van der Waals surface area (Å²) in [5, 5.41) is 0.181. The number of amides is 1. The van der Waals surface area contributed by atoms with Gasteiger partial charge in [-0.25, -0.2) is 9.18 Å². The van der Waals surface area contributed by atoms with Crippen molar-refractivity contribution in [1.82, 2.24) is 0 Å². The number of anilines is 1. The molecule has 2 aromatic carbocycles. The van der Waals surface area contributed by atoms with E-state index >= 15 is 0 Å².